The molecule has 2 aromatic rings. The van der Waals surface area contributed by atoms with Crippen molar-refractivity contribution in [2.75, 3.05) is 5.75 Å². The van der Waals surface area contributed by atoms with Gasteiger partial charge in [0.2, 0.25) is 0 Å². The molecule has 0 atom stereocenters. The second-order valence-electron chi connectivity index (χ2n) is 6.56. The van der Waals surface area contributed by atoms with Crippen LogP contribution in [0.1, 0.15) is 48.4 Å². The molecule has 0 amide bonds. The van der Waals surface area contributed by atoms with Gasteiger partial charge in [0.1, 0.15) is 0 Å². The molecule has 0 aromatic heterocycles. The fourth-order valence-electron chi connectivity index (χ4n) is 3.54. The van der Waals surface area contributed by atoms with Crippen LogP contribution in [0.3, 0.4) is 0 Å². The van der Waals surface area contributed by atoms with E-state index in [1.807, 2.05) is 12.1 Å². The Kier molecular flexibility index (Phi) is 4.64. The SMILES string of the molecule is CCS(=O)(=O)c1ccc(C2=C(c3ccc(C)cc3C)CCC2)cc1. The highest BCUT2D eigenvalue weighted by Gasteiger charge is 2.19. The number of hydrogen-bond donors (Lipinski definition) is 0. The zero-order valence-corrected chi connectivity index (χ0v) is 15.4. The van der Waals surface area contributed by atoms with Crippen molar-refractivity contribution in [2.24, 2.45) is 0 Å². The summed E-state index contributed by atoms with van der Waals surface area (Å²) in [6.45, 7) is 5.97. The average molecular weight is 340 g/mol. The Labute approximate surface area is 145 Å². The summed E-state index contributed by atoms with van der Waals surface area (Å²) in [5.74, 6) is 0.142. The smallest absolute Gasteiger partial charge is 0.178 e. The third kappa shape index (κ3) is 3.18. The van der Waals surface area contributed by atoms with E-state index in [-0.39, 0.29) is 5.75 Å². The average Bonchev–Trinajstić information content (AvgIpc) is 3.04. The molecule has 0 saturated carbocycles. The monoisotopic (exact) mass is 340 g/mol. The Hall–Kier alpha value is -1.87. The van der Waals surface area contributed by atoms with Crippen molar-refractivity contribution in [3.8, 4) is 0 Å². The van der Waals surface area contributed by atoms with Crippen LogP contribution in [0.2, 0.25) is 0 Å². The van der Waals surface area contributed by atoms with E-state index in [0.717, 1.165) is 24.8 Å². The van der Waals surface area contributed by atoms with Gasteiger partial charge in [0.25, 0.3) is 0 Å². The molecule has 0 fully saturated rings. The third-order valence-electron chi connectivity index (χ3n) is 4.87. The zero-order chi connectivity index (χ0) is 17.3. The minimum absolute atomic E-state index is 0.142. The fourth-order valence-corrected chi connectivity index (χ4v) is 4.43. The van der Waals surface area contributed by atoms with E-state index in [1.165, 1.54) is 27.8 Å². The van der Waals surface area contributed by atoms with Gasteiger partial charge in [-0.05, 0) is 73.1 Å². The van der Waals surface area contributed by atoms with Crippen LogP contribution in [0.5, 0.6) is 0 Å². The summed E-state index contributed by atoms with van der Waals surface area (Å²) in [6.07, 6.45) is 3.31. The van der Waals surface area contributed by atoms with Gasteiger partial charge in [-0.1, -0.05) is 42.8 Å². The first-order valence-electron chi connectivity index (χ1n) is 8.55. The van der Waals surface area contributed by atoms with Crippen LogP contribution in [0, 0.1) is 13.8 Å². The summed E-state index contributed by atoms with van der Waals surface area (Å²) in [5, 5.41) is 0. The Balaban J connectivity index is 2.03. The lowest BCUT2D eigenvalue weighted by atomic mass is 9.93. The maximum atomic E-state index is 12.0. The first kappa shape index (κ1) is 17.0. The molecule has 1 aliphatic carbocycles. The Morgan fingerprint density at radius 2 is 1.58 bits per heavy atom. The quantitative estimate of drug-likeness (QED) is 0.767. The Bertz CT molecular complexity index is 888. The Morgan fingerprint density at radius 3 is 2.21 bits per heavy atom. The lowest BCUT2D eigenvalue weighted by Gasteiger charge is -2.12. The van der Waals surface area contributed by atoms with Crippen LogP contribution < -0.4 is 0 Å². The topological polar surface area (TPSA) is 34.1 Å². The minimum atomic E-state index is -3.13. The molecule has 126 valence electrons. The Morgan fingerprint density at radius 1 is 0.917 bits per heavy atom. The number of benzene rings is 2. The molecule has 3 rings (SSSR count). The molecule has 0 spiro atoms. The van der Waals surface area contributed by atoms with Crippen molar-refractivity contribution in [3.63, 3.8) is 0 Å². The van der Waals surface area contributed by atoms with Crippen molar-refractivity contribution >= 4 is 21.0 Å². The van der Waals surface area contributed by atoms with Crippen LogP contribution in [0.25, 0.3) is 11.1 Å². The molecule has 0 heterocycles. The summed E-state index contributed by atoms with van der Waals surface area (Å²) in [6, 6.07) is 14.1. The molecule has 2 nitrogen and oxygen atoms in total. The highest BCUT2D eigenvalue weighted by atomic mass is 32.2. The van der Waals surface area contributed by atoms with Gasteiger partial charge >= 0.3 is 0 Å². The van der Waals surface area contributed by atoms with Crippen molar-refractivity contribution in [2.45, 2.75) is 44.9 Å². The highest BCUT2D eigenvalue weighted by Crippen LogP contribution is 2.41. The van der Waals surface area contributed by atoms with E-state index < -0.39 is 9.84 Å². The van der Waals surface area contributed by atoms with Gasteiger partial charge in [-0.15, -0.1) is 0 Å². The van der Waals surface area contributed by atoms with Crippen LogP contribution >= 0.6 is 0 Å². The summed E-state index contributed by atoms with van der Waals surface area (Å²) in [7, 11) is -3.13. The summed E-state index contributed by atoms with van der Waals surface area (Å²) < 4.78 is 24.0. The molecular formula is C21H24O2S. The van der Waals surface area contributed by atoms with Gasteiger partial charge in [-0.25, -0.2) is 8.42 Å². The normalized spacial score (nSPS) is 15.1. The van der Waals surface area contributed by atoms with Gasteiger partial charge in [0.15, 0.2) is 9.84 Å². The molecule has 0 aliphatic heterocycles. The lowest BCUT2D eigenvalue weighted by Crippen LogP contribution is -2.03. The van der Waals surface area contributed by atoms with E-state index >= 15 is 0 Å². The fraction of sp³-hybridized carbons (Fsp3) is 0.333. The summed E-state index contributed by atoms with van der Waals surface area (Å²) >= 11 is 0. The summed E-state index contributed by atoms with van der Waals surface area (Å²) in [5.41, 5.74) is 7.86. The molecule has 0 unspecified atom stereocenters. The van der Waals surface area contributed by atoms with Crippen molar-refractivity contribution in [1.29, 1.82) is 0 Å². The van der Waals surface area contributed by atoms with Gasteiger partial charge < -0.3 is 0 Å². The molecule has 0 saturated heterocycles. The lowest BCUT2D eigenvalue weighted by molar-refractivity contribution is 0.597. The minimum Gasteiger partial charge on any atom is -0.224 e. The standard InChI is InChI=1S/C21H24O2S/c1-4-24(22,23)18-11-9-17(10-12-18)20-6-5-7-21(20)19-13-8-15(2)14-16(19)3/h8-14H,4-7H2,1-3H3. The second-order valence-corrected chi connectivity index (χ2v) is 8.84. The van der Waals surface area contributed by atoms with Gasteiger partial charge in [0.05, 0.1) is 10.6 Å². The van der Waals surface area contributed by atoms with Gasteiger partial charge in [-0.3, -0.25) is 0 Å². The number of allylic oxidation sites excluding steroid dienone is 2. The third-order valence-corrected chi connectivity index (χ3v) is 6.62. The molecular weight excluding hydrogens is 316 g/mol. The number of sulfone groups is 1. The largest absolute Gasteiger partial charge is 0.224 e. The number of hydrogen-bond acceptors (Lipinski definition) is 2. The first-order valence-corrected chi connectivity index (χ1v) is 10.2. The van der Waals surface area contributed by atoms with E-state index in [2.05, 4.69) is 32.0 Å². The molecule has 0 bridgehead atoms. The van der Waals surface area contributed by atoms with E-state index in [0.29, 0.717) is 4.90 Å². The highest BCUT2D eigenvalue weighted by molar-refractivity contribution is 7.91. The van der Waals surface area contributed by atoms with E-state index in [4.69, 9.17) is 0 Å². The first-order chi connectivity index (χ1) is 11.4. The van der Waals surface area contributed by atoms with Gasteiger partial charge in [-0.2, -0.15) is 0 Å². The zero-order valence-electron chi connectivity index (χ0n) is 14.6. The van der Waals surface area contributed by atoms with Crippen molar-refractivity contribution in [1.82, 2.24) is 0 Å². The van der Waals surface area contributed by atoms with E-state index in [1.54, 1.807) is 19.1 Å². The molecule has 0 N–H and O–H groups in total. The molecule has 24 heavy (non-hydrogen) atoms. The number of rotatable bonds is 4. The van der Waals surface area contributed by atoms with Gasteiger partial charge in [0, 0.05) is 0 Å². The van der Waals surface area contributed by atoms with Crippen LogP contribution in [0.15, 0.2) is 47.4 Å². The number of aryl methyl sites for hydroxylation is 2. The molecule has 0 radical (unpaired) electrons. The maximum absolute atomic E-state index is 12.0. The van der Waals surface area contributed by atoms with Crippen molar-refractivity contribution in [3.05, 3.63) is 64.7 Å². The summed E-state index contributed by atoms with van der Waals surface area (Å²) in [4.78, 5) is 0.417. The van der Waals surface area contributed by atoms with Crippen LogP contribution in [0.4, 0.5) is 0 Å². The molecule has 1 aliphatic rings. The molecule has 2 aromatic carbocycles. The predicted molar refractivity (Wildman–Crippen MR) is 101 cm³/mol. The predicted octanol–water partition coefficient (Wildman–Crippen LogP) is 5.19. The van der Waals surface area contributed by atoms with Crippen LogP contribution in [-0.4, -0.2) is 14.2 Å². The molecule has 3 heteroatoms. The maximum Gasteiger partial charge on any atom is 0.178 e. The van der Waals surface area contributed by atoms with Crippen molar-refractivity contribution < 1.29 is 8.42 Å². The van der Waals surface area contributed by atoms with E-state index in [9.17, 15) is 8.42 Å². The van der Waals surface area contributed by atoms with Crippen LogP contribution in [-0.2, 0) is 9.84 Å². The second kappa shape index (κ2) is 6.56.